The van der Waals surface area contributed by atoms with E-state index in [0.29, 0.717) is 12.8 Å². The van der Waals surface area contributed by atoms with E-state index in [1.54, 1.807) is 0 Å². The number of nitrogens with one attached hydrogen (secondary N) is 1. The summed E-state index contributed by atoms with van der Waals surface area (Å²) >= 11 is 0. The molecule has 6 heteroatoms. The number of carbonyl (C=O) groups is 1. The number of carbonyl (C=O) groups excluding carboxylic acids is 1. The van der Waals surface area contributed by atoms with Gasteiger partial charge in [-0.1, -0.05) is 17.3 Å². The molecule has 3 rings (SSSR count). The highest BCUT2D eigenvalue weighted by Gasteiger charge is 2.21. The van der Waals surface area contributed by atoms with Crippen molar-refractivity contribution in [2.75, 3.05) is 13.1 Å². The van der Waals surface area contributed by atoms with E-state index < -0.39 is 0 Å². The van der Waals surface area contributed by atoms with Crippen LogP contribution in [-0.2, 0) is 17.8 Å². The van der Waals surface area contributed by atoms with Gasteiger partial charge in [-0.15, -0.1) is 0 Å². The zero-order chi connectivity index (χ0) is 18.5. The lowest BCUT2D eigenvalue weighted by Crippen LogP contribution is -2.44. The number of amides is 1. The van der Waals surface area contributed by atoms with Crippen LogP contribution in [0.2, 0.25) is 0 Å². The normalized spacial score (nSPS) is 16.0. The van der Waals surface area contributed by atoms with Crippen molar-refractivity contribution < 1.29 is 13.7 Å². The molecular weight excluding hydrogens is 333 g/mol. The number of benzene rings is 1. The lowest BCUT2D eigenvalue weighted by Gasteiger charge is -2.32. The highest BCUT2D eigenvalue weighted by molar-refractivity contribution is 5.76. The van der Waals surface area contributed by atoms with Gasteiger partial charge in [0.15, 0.2) is 0 Å². The summed E-state index contributed by atoms with van der Waals surface area (Å²) in [7, 11) is 0. The highest BCUT2D eigenvalue weighted by atomic mass is 19.1. The van der Waals surface area contributed by atoms with Crippen molar-refractivity contribution in [2.45, 2.75) is 52.1 Å². The Kier molecular flexibility index (Phi) is 6.04. The lowest BCUT2D eigenvalue weighted by atomic mass is 10.0. The third-order valence-corrected chi connectivity index (χ3v) is 5.06. The molecule has 0 bridgehead atoms. The van der Waals surface area contributed by atoms with Gasteiger partial charge in [0, 0.05) is 37.7 Å². The molecule has 1 fully saturated rings. The van der Waals surface area contributed by atoms with Crippen LogP contribution in [0.3, 0.4) is 0 Å². The minimum absolute atomic E-state index is 0.0852. The molecule has 5 nitrogen and oxygen atoms in total. The van der Waals surface area contributed by atoms with Gasteiger partial charge < -0.3 is 9.84 Å². The summed E-state index contributed by atoms with van der Waals surface area (Å²) in [6.45, 7) is 6.48. The topological polar surface area (TPSA) is 58.4 Å². The molecule has 1 aromatic heterocycles. The summed E-state index contributed by atoms with van der Waals surface area (Å²) in [6.07, 6.45) is 3.01. The van der Waals surface area contributed by atoms with Crippen LogP contribution in [0.4, 0.5) is 4.39 Å². The van der Waals surface area contributed by atoms with Gasteiger partial charge >= 0.3 is 0 Å². The van der Waals surface area contributed by atoms with E-state index in [-0.39, 0.29) is 17.8 Å². The maximum atomic E-state index is 13.0. The lowest BCUT2D eigenvalue weighted by molar-refractivity contribution is -0.122. The summed E-state index contributed by atoms with van der Waals surface area (Å²) in [5.41, 5.74) is 3.02. The minimum atomic E-state index is -0.202. The number of aromatic nitrogens is 1. The number of likely N-dealkylation sites (tertiary alicyclic amines) is 1. The molecule has 2 heterocycles. The number of aryl methyl sites for hydroxylation is 2. The first-order chi connectivity index (χ1) is 12.5. The molecular formula is C20H26FN3O2. The Bertz CT molecular complexity index is 715. The second-order valence-electron chi connectivity index (χ2n) is 7.05. The summed E-state index contributed by atoms with van der Waals surface area (Å²) in [5.74, 6) is 0.679. The largest absolute Gasteiger partial charge is 0.361 e. The van der Waals surface area contributed by atoms with Crippen LogP contribution in [0, 0.1) is 19.7 Å². The smallest absolute Gasteiger partial charge is 0.220 e. The molecule has 26 heavy (non-hydrogen) atoms. The molecule has 0 radical (unpaired) electrons. The first-order valence-electron chi connectivity index (χ1n) is 9.19. The van der Waals surface area contributed by atoms with Crippen molar-refractivity contribution in [3.05, 3.63) is 52.7 Å². The molecule has 0 saturated carbocycles. The number of nitrogens with zero attached hydrogens (tertiary/aromatic N) is 2. The molecule has 0 spiro atoms. The molecule has 140 valence electrons. The van der Waals surface area contributed by atoms with Gasteiger partial charge in [-0.3, -0.25) is 9.69 Å². The van der Waals surface area contributed by atoms with Gasteiger partial charge in [0.05, 0.1) is 5.69 Å². The molecule has 1 aliphatic rings. The molecule has 1 N–H and O–H groups in total. The van der Waals surface area contributed by atoms with Crippen LogP contribution in [0.25, 0.3) is 0 Å². The van der Waals surface area contributed by atoms with Gasteiger partial charge in [0.25, 0.3) is 0 Å². The van der Waals surface area contributed by atoms with E-state index >= 15 is 0 Å². The Morgan fingerprint density at radius 2 is 1.96 bits per heavy atom. The monoisotopic (exact) mass is 359 g/mol. The first kappa shape index (κ1) is 18.6. The molecule has 1 aliphatic heterocycles. The number of hydrogen-bond acceptors (Lipinski definition) is 4. The number of rotatable bonds is 6. The fourth-order valence-corrected chi connectivity index (χ4v) is 3.48. The molecule has 1 saturated heterocycles. The van der Waals surface area contributed by atoms with Crippen molar-refractivity contribution in [1.29, 1.82) is 0 Å². The fraction of sp³-hybridized carbons (Fsp3) is 0.500. The third-order valence-electron chi connectivity index (χ3n) is 5.06. The Morgan fingerprint density at radius 1 is 1.27 bits per heavy atom. The Morgan fingerprint density at radius 3 is 2.58 bits per heavy atom. The Balaban J connectivity index is 1.39. The summed E-state index contributed by atoms with van der Waals surface area (Å²) in [5, 5.41) is 7.07. The van der Waals surface area contributed by atoms with Gasteiger partial charge in [-0.25, -0.2) is 4.39 Å². The molecule has 0 atom stereocenters. The minimum Gasteiger partial charge on any atom is -0.361 e. The van der Waals surface area contributed by atoms with Crippen LogP contribution >= 0.6 is 0 Å². The van der Waals surface area contributed by atoms with E-state index in [1.165, 1.54) is 12.1 Å². The van der Waals surface area contributed by atoms with Gasteiger partial charge in [-0.2, -0.15) is 0 Å². The number of halogens is 1. The van der Waals surface area contributed by atoms with Crippen molar-refractivity contribution in [2.24, 2.45) is 0 Å². The second-order valence-corrected chi connectivity index (χ2v) is 7.05. The van der Waals surface area contributed by atoms with Crippen molar-refractivity contribution in [3.8, 4) is 0 Å². The predicted molar refractivity (Wildman–Crippen MR) is 97.1 cm³/mol. The zero-order valence-electron chi connectivity index (χ0n) is 15.4. The third kappa shape index (κ3) is 4.91. The van der Waals surface area contributed by atoms with Crippen LogP contribution < -0.4 is 5.32 Å². The van der Waals surface area contributed by atoms with E-state index in [4.69, 9.17) is 4.52 Å². The van der Waals surface area contributed by atoms with Crippen LogP contribution in [0.15, 0.2) is 28.8 Å². The fourth-order valence-electron chi connectivity index (χ4n) is 3.48. The van der Waals surface area contributed by atoms with Gasteiger partial charge in [0.1, 0.15) is 11.6 Å². The van der Waals surface area contributed by atoms with Gasteiger partial charge in [-0.05, 0) is 50.8 Å². The second kappa shape index (κ2) is 8.45. The molecule has 1 aromatic carbocycles. The zero-order valence-corrected chi connectivity index (χ0v) is 15.4. The van der Waals surface area contributed by atoms with Crippen molar-refractivity contribution in [1.82, 2.24) is 15.4 Å². The number of hydrogen-bond donors (Lipinski definition) is 1. The van der Waals surface area contributed by atoms with Crippen LogP contribution in [0.1, 0.15) is 41.8 Å². The molecule has 0 aliphatic carbocycles. The Hall–Kier alpha value is -2.21. The van der Waals surface area contributed by atoms with Crippen molar-refractivity contribution in [3.63, 3.8) is 0 Å². The Labute approximate surface area is 153 Å². The summed E-state index contributed by atoms with van der Waals surface area (Å²) in [6, 6.07) is 6.90. The summed E-state index contributed by atoms with van der Waals surface area (Å²) < 4.78 is 18.1. The quantitative estimate of drug-likeness (QED) is 0.861. The SMILES string of the molecule is Cc1noc(C)c1CCC(=O)NC1CCN(Cc2ccc(F)cc2)CC1. The predicted octanol–water partition coefficient (Wildman–Crippen LogP) is 3.14. The van der Waals surface area contributed by atoms with E-state index in [0.717, 1.165) is 55.1 Å². The molecule has 0 unspecified atom stereocenters. The number of piperidine rings is 1. The van der Waals surface area contributed by atoms with E-state index in [1.807, 2.05) is 26.0 Å². The maximum Gasteiger partial charge on any atom is 0.220 e. The van der Waals surface area contributed by atoms with Crippen LogP contribution in [-0.4, -0.2) is 35.1 Å². The molecule has 2 aromatic rings. The summed E-state index contributed by atoms with van der Waals surface area (Å²) in [4.78, 5) is 14.6. The van der Waals surface area contributed by atoms with Gasteiger partial charge in [0.2, 0.25) is 5.91 Å². The van der Waals surface area contributed by atoms with E-state index in [9.17, 15) is 9.18 Å². The maximum absolute atomic E-state index is 13.0. The first-order valence-corrected chi connectivity index (χ1v) is 9.19. The average Bonchev–Trinajstić information content (AvgIpc) is 2.95. The molecule has 1 amide bonds. The van der Waals surface area contributed by atoms with Crippen molar-refractivity contribution >= 4 is 5.91 Å². The standard InChI is InChI=1S/C20H26FN3O2/c1-14-19(15(2)26-23-14)7-8-20(25)22-18-9-11-24(12-10-18)13-16-3-5-17(21)6-4-16/h3-6,18H,7-13H2,1-2H3,(H,22,25). The highest BCUT2D eigenvalue weighted by Crippen LogP contribution is 2.16. The van der Waals surface area contributed by atoms with E-state index in [2.05, 4.69) is 15.4 Å². The van der Waals surface area contributed by atoms with Crippen LogP contribution in [0.5, 0.6) is 0 Å². The average molecular weight is 359 g/mol.